The van der Waals surface area contributed by atoms with Crippen molar-refractivity contribution in [1.29, 1.82) is 0 Å². The summed E-state index contributed by atoms with van der Waals surface area (Å²) in [5.41, 5.74) is 0. The van der Waals surface area contributed by atoms with Gasteiger partial charge < -0.3 is 10.1 Å². The van der Waals surface area contributed by atoms with Gasteiger partial charge in [-0.1, -0.05) is 25.7 Å². The lowest BCUT2D eigenvalue weighted by molar-refractivity contribution is 0.126. The zero-order valence-corrected chi connectivity index (χ0v) is 12.9. The maximum atomic E-state index is 12.9. The van der Waals surface area contributed by atoms with Gasteiger partial charge in [-0.2, -0.15) is 0 Å². The van der Waals surface area contributed by atoms with Crippen LogP contribution in [0.5, 0.6) is 0 Å². The van der Waals surface area contributed by atoms with Crippen molar-refractivity contribution in [2.24, 2.45) is 0 Å². The normalized spacial score (nSPS) is 37.8. The van der Waals surface area contributed by atoms with E-state index in [4.69, 9.17) is 4.74 Å². The van der Waals surface area contributed by atoms with E-state index < -0.39 is 9.84 Å². The van der Waals surface area contributed by atoms with Gasteiger partial charge in [0.25, 0.3) is 0 Å². The molecule has 1 heterocycles. The van der Waals surface area contributed by atoms with Gasteiger partial charge in [-0.15, -0.1) is 0 Å². The van der Waals surface area contributed by atoms with Gasteiger partial charge in [0.15, 0.2) is 9.84 Å². The maximum Gasteiger partial charge on any atom is 0.160 e. The molecular formula is C14H27NO3S. The Balaban J connectivity index is 2.19. The van der Waals surface area contributed by atoms with Crippen molar-refractivity contribution in [3.8, 4) is 0 Å². The van der Waals surface area contributed by atoms with Crippen molar-refractivity contribution in [1.82, 2.24) is 5.32 Å². The second kappa shape index (κ2) is 6.55. The highest BCUT2D eigenvalue weighted by atomic mass is 32.2. The van der Waals surface area contributed by atoms with Crippen molar-refractivity contribution in [3.05, 3.63) is 0 Å². The summed E-state index contributed by atoms with van der Waals surface area (Å²) >= 11 is 0. The van der Waals surface area contributed by atoms with E-state index in [2.05, 4.69) is 5.32 Å². The van der Waals surface area contributed by atoms with Crippen LogP contribution in [0.15, 0.2) is 0 Å². The predicted octanol–water partition coefficient (Wildman–Crippen LogP) is 1.89. The number of ether oxygens (including phenoxy) is 1. The largest absolute Gasteiger partial charge is 0.377 e. The van der Waals surface area contributed by atoms with Crippen LogP contribution in [-0.2, 0) is 14.6 Å². The summed E-state index contributed by atoms with van der Waals surface area (Å²) in [6.07, 6.45) is 6.86. The molecule has 0 spiro atoms. The highest BCUT2D eigenvalue weighted by Gasteiger charge is 2.43. The standard InChI is InChI=1S/C14H27NO3S/c1-11-13(9-10-18-11)19(16,17)14-8-6-4-3-5-7-12(14)15-2/h11-15H,3-10H2,1-2H3. The average molecular weight is 289 g/mol. The van der Waals surface area contributed by atoms with Crippen LogP contribution in [0.25, 0.3) is 0 Å². The molecule has 1 N–H and O–H groups in total. The number of sulfone groups is 1. The first kappa shape index (κ1) is 15.3. The van der Waals surface area contributed by atoms with E-state index >= 15 is 0 Å². The molecule has 2 rings (SSSR count). The van der Waals surface area contributed by atoms with Crippen LogP contribution in [0.1, 0.15) is 51.9 Å². The second-order valence-corrected chi connectivity index (χ2v) is 8.31. The first-order chi connectivity index (χ1) is 9.07. The minimum absolute atomic E-state index is 0.109. The van der Waals surface area contributed by atoms with Crippen LogP contribution < -0.4 is 5.32 Å². The molecule has 0 aromatic rings. The van der Waals surface area contributed by atoms with Crippen LogP contribution in [0.4, 0.5) is 0 Å². The van der Waals surface area contributed by atoms with Gasteiger partial charge in [0.2, 0.25) is 0 Å². The summed E-state index contributed by atoms with van der Waals surface area (Å²) in [6, 6.07) is 0.109. The van der Waals surface area contributed by atoms with E-state index in [0.29, 0.717) is 13.0 Å². The van der Waals surface area contributed by atoms with Crippen molar-refractivity contribution >= 4 is 9.84 Å². The Morgan fingerprint density at radius 2 is 1.68 bits per heavy atom. The fraction of sp³-hybridized carbons (Fsp3) is 1.00. The quantitative estimate of drug-likeness (QED) is 0.862. The lowest BCUT2D eigenvalue weighted by Crippen LogP contribution is -2.48. The topological polar surface area (TPSA) is 55.4 Å². The van der Waals surface area contributed by atoms with Gasteiger partial charge in [-0.25, -0.2) is 8.42 Å². The van der Waals surface area contributed by atoms with E-state index in [1.54, 1.807) is 0 Å². The van der Waals surface area contributed by atoms with Crippen molar-refractivity contribution in [2.45, 2.75) is 74.5 Å². The van der Waals surface area contributed by atoms with Crippen LogP contribution in [0.3, 0.4) is 0 Å². The number of nitrogens with one attached hydrogen (secondary N) is 1. The molecule has 0 aromatic carbocycles. The van der Waals surface area contributed by atoms with E-state index in [0.717, 1.165) is 25.7 Å². The Kier molecular flexibility index (Phi) is 5.26. The first-order valence-electron chi connectivity index (χ1n) is 7.59. The summed E-state index contributed by atoms with van der Waals surface area (Å²) in [4.78, 5) is 0. The molecule has 0 bridgehead atoms. The van der Waals surface area contributed by atoms with Crippen molar-refractivity contribution in [2.75, 3.05) is 13.7 Å². The molecule has 4 unspecified atom stereocenters. The average Bonchev–Trinajstić information content (AvgIpc) is 2.75. The zero-order valence-electron chi connectivity index (χ0n) is 12.1. The van der Waals surface area contributed by atoms with E-state index in [-0.39, 0.29) is 22.6 Å². The lowest BCUT2D eigenvalue weighted by Gasteiger charge is -2.31. The third-order valence-corrected chi connectivity index (χ3v) is 7.60. The molecular weight excluding hydrogens is 262 g/mol. The lowest BCUT2D eigenvalue weighted by atomic mass is 9.96. The maximum absolute atomic E-state index is 12.9. The summed E-state index contributed by atoms with van der Waals surface area (Å²) in [7, 11) is -1.21. The second-order valence-electron chi connectivity index (χ2n) is 5.92. The molecule has 4 nitrogen and oxygen atoms in total. The molecule has 112 valence electrons. The van der Waals surface area contributed by atoms with Gasteiger partial charge in [-0.3, -0.25) is 0 Å². The molecule has 1 saturated carbocycles. The SMILES string of the molecule is CNC1CCCCCCC1S(=O)(=O)C1CCOC1C. The summed E-state index contributed by atoms with van der Waals surface area (Å²) in [5, 5.41) is 2.72. The minimum atomic E-state index is -3.10. The van der Waals surface area contributed by atoms with Crippen LogP contribution in [0, 0.1) is 0 Å². The molecule has 2 aliphatic rings. The Hall–Kier alpha value is -0.130. The monoisotopic (exact) mass is 289 g/mol. The fourth-order valence-corrected chi connectivity index (χ4v) is 6.25. The molecule has 1 aliphatic heterocycles. The number of hydrogen-bond donors (Lipinski definition) is 1. The van der Waals surface area contributed by atoms with Crippen LogP contribution in [-0.4, -0.2) is 44.7 Å². The predicted molar refractivity (Wildman–Crippen MR) is 77.1 cm³/mol. The van der Waals surface area contributed by atoms with Gasteiger partial charge in [0, 0.05) is 12.6 Å². The molecule has 5 heteroatoms. The molecule has 0 radical (unpaired) electrons. The molecule has 0 aromatic heterocycles. The third-order valence-electron chi connectivity index (χ3n) is 4.72. The smallest absolute Gasteiger partial charge is 0.160 e. The molecule has 4 atom stereocenters. The van der Waals surface area contributed by atoms with E-state index in [1.165, 1.54) is 12.8 Å². The fourth-order valence-electron chi connectivity index (χ4n) is 3.54. The summed E-state index contributed by atoms with van der Waals surface area (Å²) < 4.78 is 31.3. The molecule has 0 amide bonds. The van der Waals surface area contributed by atoms with E-state index in [9.17, 15) is 8.42 Å². The highest BCUT2D eigenvalue weighted by Crippen LogP contribution is 2.30. The van der Waals surface area contributed by atoms with Gasteiger partial charge in [0.05, 0.1) is 16.6 Å². The first-order valence-corrected chi connectivity index (χ1v) is 9.20. The Labute approximate surface area is 117 Å². The van der Waals surface area contributed by atoms with E-state index in [1.807, 2.05) is 14.0 Å². The minimum Gasteiger partial charge on any atom is -0.377 e. The Bertz CT molecular complexity index is 382. The van der Waals surface area contributed by atoms with Gasteiger partial charge >= 0.3 is 0 Å². The van der Waals surface area contributed by atoms with Crippen LogP contribution >= 0.6 is 0 Å². The van der Waals surface area contributed by atoms with Crippen LogP contribution in [0.2, 0.25) is 0 Å². The van der Waals surface area contributed by atoms with Crippen molar-refractivity contribution < 1.29 is 13.2 Å². The molecule has 1 saturated heterocycles. The molecule has 2 fully saturated rings. The molecule has 1 aliphatic carbocycles. The molecule has 19 heavy (non-hydrogen) atoms. The summed E-state index contributed by atoms with van der Waals surface area (Å²) in [5.74, 6) is 0. The van der Waals surface area contributed by atoms with Crippen molar-refractivity contribution in [3.63, 3.8) is 0 Å². The summed E-state index contributed by atoms with van der Waals surface area (Å²) in [6.45, 7) is 2.48. The number of rotatable bonds is 3. The van der Waals surface area contributed by atoms with Gasteiger partial charge in [0.1, 0.15) is 0 Å². The Morgan fingerprint density at radius 1 is 1.00 bits per heavy atom. The highest BCUT2D eigenvalue weighted by molar-refractivity contribution is 7.92. The van der Waals surface area contributed by atoms with Gasteiger partial charge in [-0.05, 0) is 33.2 Å². The Morgan fingerprint density at radius 3 is 2.26 bits per heavy atom. The number of hydrogen-bond acceptors (Lipinski definition) is 4. The third kappa shape index (κ3) is 3.31. The zero-order chi connectivity index (χ0) is 13.9.